The largest absolute Gasteiger partial charge is 0.468 e. The van der Waals surface area contributed by atoms with Gasteiger partial charge >= 0.3 is 11.9 Å². The average molecular weight is 542 g/mol. The predicted octanol–water partition coefficient (Wildman–Crippen LogP) is 3.09. The van der Waals surface area contributed by atoms with E-state index in [1.165, 1.54) is 37.7 Å². The maximum Gasteiger partial charge on any atom is 0.336 e. The average Bonchev–Trinajstić information content (AvgIpc) is 3.38. The smallest absolute Gasteiger partial charge is 0.336 e. The second-order valence-corrected chi connectivity index (χ2v) is 11.1. The Kier molecular flexibility index (Phi) is 7.22. The van der Waals surface area contributed by atoms with Crippen molar-refractivity contribution in [2.24, 2.45) is 5.14 Å². The number of nitrogens with one attached hydrogen (secondary N) is 1. The first-order valence-electron chi connectivity index (χ1n) is 11.3. The number of primary sulfonamides is 1. The van der Waals surface area contributed by atoms with Crippen molar-refractivity contribution >= 4 is 33.3 Å². The molecule has 1 aliphatic heterocycles. The first-order valence-corrected chi connectivity index (χ1v) is 13.8. The minimum Gasteiger partial charge on any atom is -0.468 e. The van der Waals surface area contributed by atoms with Gasteiger partial charge in [-0.3, -0.25) is 4.79 Å². The zero-order valence-electron chi connectivity index (χ0n) is 20.7. The lowest BCUT2D eigenvalue weighted by atomic mass is 9.62. The second-order valence-electron chi connectivity index (χ2n) is 8.71. The Morgan fingerprint density at radius 3 is 2.41 bits per heavy atom. The minimum absolute atomic E-state index is 0.0522. The maximum absolute atomic E-state index is 13.8. The number of methoxy groups -OCH3 is 2. The molecule has 3 aromatic rings. The zero-order chi connectivity index (χ0) is 27.0. The third-order valence-corrected chi connectivity index (χ3v) is 8.55. The molecule has 3 N–H and O–H groups in total. The lowest BCUT2D eigenvalue weighted by Crippen LogP contribution is -2.60. The highest BCUT2D eigenvalue weighted by Crippen LogP contribution is 2.51. The van der Waals surface area contributed by atoms with Crippen LogP contribution in [0.5, 0.6) is 0 Å². The fraction of sp³-hybridized carbons (Fsp3) is 0.269. The molecule has 37 heavy (non-hydrogen) atoms. The lowest BCUT2D eigenvalue weighted by molar-refractivity contribution is -0.150. The molecule has 0 spiro atoms. The molecule has 3 atom stereocenters. The molecule has 2 heterocycles. The molecule has 194 valence electrons. The van der Waals surface area contributed by atoms with E-state index in [1.54, 1.807) is 24.4 Å². The molecule has 0 saturated heterocycles. The van der Waals surface area contributed by atoms with Crippen LogP contribution in [-0.4, -0.2) is 45.6 Å². The number of ether oxygens (including phenoxy) is 2. The first kappa shape index (κ1) is 26.5. The van der Waals surface area contributed by atoms with Crippen LogP contribution in [0.3, 0.4) is 0 Å². The van der Waals surface area contributed by atoms with Crippen molar-refractivity contribution in [2.75, 3.05) is 14.2 Å². The maximum atomic E-state index is 13.8. The summed E-state index contributed by atoms with van der Waals surface area (Å²) in [5.41, 5.74) is 1.13. The van der Waals surface area contributed by atoms with Gasteiger partial charge in [-0.25, -0.2) is 23.3 Å². The monoisotopic (exact) mass is 541 g/mol. The van der Waals surface area contributed by atoms with E-state index in [2.05, 4.69) is 5.32 Å². The number of thiazole rings is 1. The summed E-state index contributed by atoms with van der Waals surface area (Å²) in [5, 5.41) is 10.7. The van der Waals surface area contributed by atoms with Crippen LogP contribution in [0.15, 0.2) is 76.1 Å². The number of allylic oxidation sites excluding steroid dienone is 1. The van der Waals surface area contributed by atoms with Crippen molar-refractivity contribution < 1.29 is 27.5 Å². The van der Waals surface area contributed by atoms with Crippen LogP contribution in [-0.2, 0) is 34.5 Å². The third kappa shape index (κ3) is 4.54. The number of nitrogens with zero attached hydrogens (tertiary/aromatic N) is 1. The Morgan fingerprint density at radius 1 is 1.08 bits per heavy atom. The number of esters is 2. The fourth-order valence-corrected chi connectivity index (χ4v) is 6.65. The van der Waals surface area contributed by atoms with Crippen molar-refractivity contribution in [3.63, 3.8) is 0 Å². The number of benzene rings is 2. The van der Waals surface area contributed by atoms with E-state index in [-0.39, 0.29) is 4.90 Å². The van der Waals surface area contributed by atoms with E-state index in [0.717, 1.165) is 0 Å². The Bertz CT molecular complexity index is 1480. The molecule has 1 aromatic heterocycles. The SMILES string of the molecule is COC(=O)C1=C(C)NC(C)C(C(=O)OC)(c2nc(-c3cccc(S(N)(=O)=O)c3)cs2)C1c1ccccc1. The topological polar surface area (TPSA) is 138 Å². The highest BCUT2D eigenvalue weighted by atomic mass is 32.2. The van der Waals surface area contributed by atoms with Gasteiger partial charge in [-0.2, -0.15) is 0 Å². The van der Waals surface area contributed by atoms with Gasteiger partial charge in [-0.05, 0) is 31.5 Å². The van der Waals surface area contributed by atoms with Crippen molar-refractivity contribution in [3.8, 4) is 11.3 Å². The highest BCUT2D eigenvalue weighted by molar-refractivity contribution is 7.89. The van der Waals surface area contributed by atoms with Gasteiger partial charge in [0.05, 0.1) is 30.4 Å². The summed E-state index contributed by atoms with van der Waals surface area (Å²) in [6, 6.07) is 14.8. The standard InChI is InChI=1S/C26H27N3O6S2/c1-15-21(23(30)34-3)22(17-9-6-5-7-10-17)26(16(2)28-15,25(31)35-4)24-29-20(14-36-24)18-11-8-12-19(13-18)37(27,32)33/h5-14,16,22,28H,1-4H3,(H2,27,32,33). The Morgan fingerprint density at radius 2 is 1.78 bits per heavy atom. The molecule has 0 bridgehead atoms. The molecule has 11 heteroatoms. The van der Waals surface area contributed by atoms with Crippen LogP contribution in [0.25, 0.3) is 11.3 Å². The second kappa shape index (κ2) is 10.1. The van der Waals surface area contributed by atoms with Gasteiger partial charge in [-0.1, -0.05) is 42.5 Å². The Hall–Kier alpha value is -3.54. The molecule has 0 amide bonds. The van der Waals surface area contributed by atoms with Gasteiger partial charge in [0.25, 0.3) is 0 Å². The summed E-state index contributed by atoms with van der Waals surface area (Å²) in [5.74, 6) is -1.93. The van der Waals surface area contributed by atoms with Gasteiger partial charge < -0.3 is 14.8 Å². The van der Waals surface area contributed by atoms with Crippen LogP contribution >= 0.6 is 11.3 Å². The summed E-state index contributed by atoms with van der Waals surface area (Å²) in [7, 11) is -1.33. The van der Waals surface area contributed by atoms with E-state index in [0.29, 0.717) is 33.1 Å². The molecule has 0 saturated carbocycles. The summed E-state index contributed by atoms with van der Waals surface area (Å²) >= 11 is 1.22. The van der Waals surface area contributed by atoms with Crippen LogP contribution in [0.4, 0.5) is 0 Å². The van der Waals surface area contributed by atoms with E-state index in [9.17, 15) is 18.0 Å². The van der Waals surface area contributed by atoms with Crippen molar-refractivity contribution in [2.45, 2.75) is 36.1 Å². The van der Waals surface area contributed by atoms with Gasteiger partial charge in [0.15, 0.2) is 5.41 Å². The van der Waals surface area contributed by atoms with Crippen molar-refractivity contribution in [3.05, 3.63) is 81.8 Å². The van der Waals surface area contributed by atoms with Gasteiger partial charge in [0.1, 0.15) is 5.01 Å². The summed E-state index contributed by atoms with van der Waals surface area (Å²) in [6.07, 6.45) is 0. The Labute approximate surface area is 219 Å². The number of hydrogen-bond donors (Lipinski definition) is 2. The molecule has 9 nitrogen and oxygen atoms in total. The molecule has 1 aliphatic rings. The molecular formula is C26H27N3O6S2. The molecule has 4 rings (SSSR count). The summed E-state index contributed by atoms with van der Waals surface area (Å²) in [4.78, 5) is 31.7. The number of sulfonamides is 1. The predicted molar refractivity (Wildman–Crippen MR) is 139 cm³/mol. The molecule has 3 unspecified atom stereocenters. The lowest BCUT2D eigenvalue weighted by Gasteiger charge is -2.46. The number of carbonyl (C=O) groups is 2. The Balaban J connectivity index is 1.99. The van der Waals surface area contributed by atoms with Gasteiger partial charge in [0, 0.05) is 28.6 Å². The normalized spacial score (nSPS) is 21.8. The number of nitrogens with two attached hydrogens (primary N) is 1. The zero-order valence-corrected chi connectivity index (χ0v) is 22.4. The molecular weight excluding hydrogens is 514 g/mol. The third-order valence-electron chi connectivity index (χ3n) is 6.64. The number of aromatic nitrogens is 1. The van der Waals surface area contributed by atoms with E-state index < -0.39 is 39.3 Å². The summed E-state index contributed by atoms with van der Waals surface area (Å²) < 4.78 is 34.3. The fourth-order valence-electron chi connectivity index (χ4n) is 4.95. The van der Waals surface area contributed by atoms with Crippen LogP contribution < -0.4 is 10.5 Å². The number of rotatable bonds is 6. The number of carbonyl (C=O) groups excluding carboxylic acids is 2. The van der Waals surface area contributed by atoms with Crippen molar-refractivity contribution in [1.29, 1.82) is 0 Å². The first-order chi connectivity index (χ1) is 17.5. The van der Waals surface area contributed by atoms with Crippen LogP contribution in [0, 0.1) is 0 Å². The quantitative estimate of drug-likeness (QED) is 0.454. The van der Waals surface area contributed by atoms with Gasteiger partial charge in [-0.15, -0.1) is 11.3 Å². The van der Waals surface area contributed by atoms with Crippen molar-refractivity contribution in [1.82, 2.24) is 10.3 Å². The van der Waals surface area contributed by atoms with Crippen LogP contribution in [0.1, 0.15) is 30.3 Å². The van der Waals surface area contributed by atoms with Gasteiger partial charge in [0.2, 0.25) is 10.0 Å². The van der Waals surface area contributed by atoms with E-state index in [4.69, 9.17) is 19.6 Å². The molecule has 0 radical (unpaired) electrons. The van der Waals surface area contributed by atoms with E-state index >= 15 is 0 Å². The highest BCUT2D eigenvalue weighted by Gasteiger charge is 2.60. The number of hydrogen-bond acceptors (Lipinski definition) is 9. The minimum atomic E-state index is -3.92. The molecule has 2 aromatic carbocycles. The molecule has 0 fully saturated rings. The molecule has 0 aliphatic carbocycles. The summed E-state index contributed by atoms with van der Waals surface area (Å²) in [6.45, 7) is 3.61. The van der Waals surface area contributed by atoms with E-state index in [1.807, 2.05) is 37.3 Å². The van der Waals surface area contributed by atoms with Crippen LogP contribution in [0.2, 0.25) is 0 Å².